The second kappa shape index (κ2) is 4.39. The van der Waals surface area contributed by atoms with E-state index in [0.717, 1.165) is 18.1 Å². The van der Waals surface area contributed by atoms with Crippen molar-refractivity contribution in [2.75, 3.05) is 5.32 Å². The molecule has 2 rings (SSSR count). The highest BCUT2D eigenvalue weighted by Gasteiger charge is 2.00. The fourth-order valence-corrected chi connectivity index (χ4v) is 1.67. The molecule has 0 atom stereocenters. The van der Waals surface area contributed by atoms with Gasteiger partial charge in [0.25, 0.3) is 0 Å². The molecule has 16 heavy (non-hydrogen) atoms. The van der Waals surface area contributed by atoms with Crippen molar-refractivity contribution in [1.82, 2.24) is 9.78 Å². The molecule has 1 N–H and O–H groups in total. The summed E-state index contributed by atoms with van der Waals surface area (Å²) in [5.74, 6) is 1.05. The lowest BCUT2D eigenvalue weighted by Crippen LogP contribution is -2.04. The van der Waals surface area contributed by atoms with E-state index in [2.05, 4.69) is 41.6 Å². The van der Waals surface area contributed by atoms with Crippen molar-refractivity contribution < 1.29 is 0 Å². The molecule has 3 nitrogen and oxygen atoms in total. The molecular formula is C13H17N3. The Balaban J connectivity index is 2.02. The van der Waals surface area contributed by atoms with E-state index in [0.29, 0.717) is 0 Å². The highest BCUT2D eigenvalue weighted by molar-refractivity contribution is 5.37. The molecule has 0 aliphatic heterocycles. The molecule has 0 spiro atoms. The van der Waals surface area contributed by atoms with E-state index < -0.39 is 0 Å². The number of nitrogens with one attached hydrogen (secondary N) is 1. The maximum Gasteiger partial charge on any atom is 0.124 e. The molecule has 0 aliphatic rings. The average molecular weight is 215 g/mol. The zero-order valence-corrected chi connectivity index (χ0v) is 9.99. The van der Waals surface area contributed by atoms with E-state index in [1.54, 1.807) is 0 Å². The van der Waals surface area contributed by atoms with Gasteiger partial charge in [0.05, 0.1) is 5.69 Å². The number of aromatic nitrogens is 2. The number of hydrogen-bond donors (Lipinski definition) is 1. The van der Waals surface area contributed by atoms with Crippen molar-refractivity contribution in [3.05, 3.63) is 47.2 Å². The number of anilines is 1. The van der Waals surface area contributed by atoms with Crippen LogP contribution in [-0.4, -0.2) is 9.78 Å². The number of aryl methyl sites for hydroxylation is 3. The SMILES string of the molecule is Cc1ccc(CNc2cc(C)nn2C)cc1. The molecule has 0 bridgehead atoms. The van der Waals surface area contributed by atoms with E-state index in [1.165, 1.54) is 11.1 Å². The van der Waals surface area contributed by atoms with Crippen LogP contribution in [0.2, 0.25) is 0 Å². The topological polar surface area (TPSA) is 29.9 Å². The van der Waals surface area contributed by atoms with Gasteiger partial charge in [-0.1, -0.05) is 29.8 Å². The first-order valence-corrected chi connectivity index (χ1v) is 5.45. The molecule has 1 heterocycles. The van der Waals surface area contributed by atoms with Crippen LogP contribution in [0.15, 0.2) is 30.3 Å². The van der Waals surface area contributed by atoms with Crippen molar-refractivity contribution in [1.29, 1.82) is 0 Å². The van der Waals surface area contributed by atoms with Crippen LogP contribution >= 0.6 is 0 Å². The van der Waals surface area contributed by atoms with Crippen LogP contribution < -0.4 is 5.32 Å². The predicted octanol–water partition coefficient (Wildman–Crippen LogP) is 2.65. The maximum atomic E-state index is 4.29. The molecule has 84 valence electrons. The quantitative estimate of drug-likeness (QED) is 0.853. The lowest BCUT2D eigenvalue weighted by Gasteiger charge is -2.06. The largest absolute Gasteiger partial charge is 0.366 e. The van der Waals surface area contributed by atoms with Gasteiger partial charge in [-0.3, -0.25) is 4.68 Å². The third kappa shape index (κ3) is 2.42. The van der Waals surface area contributed by atoms with Crippen molar-refractivity contribution in [3.63, 3.8) is 0 Å². The van der Waals surface area contributed by atoms with E-state index >= 15 is 0 Å². The molecule has 0 amide bonds. The van der Waals surface area contributed by atoms with Crippen molar-refractivity contribution in [2.45, 2.75) is 20.4 Å². The summed E-state index contributed by atoms with van der Waals surface area (Å²) in [6.45, 7) is 4.93. The van der Waals surface area contributed by atoms with Gasteiger partial charge in [0, 0.05) is 19.7 Å². The van der Waals surface area contributed by atoms with E-state index in [9.17, 15) is 0 Å². The Kier molecular flexibility index (Phi) is 2.95. The molecule has 1 aromatic heterocycles. The molecule has 1 aromatic carbocycles. The Morgan fingerprint density at radius 1 is 1.19 bits per heavy atom. The van der Waals surface area contributed by atoms with E-state index in [-0.39, 0.29) is 0 Å². The van der Waals surface area contributed by atoms with Crippen LogP contribution in [0.5, 0.6) is 0 Å². The van der Waals surface area contributed by atoms with Crippen LogP contribution in [0, 0.1) is 13.8 Å². The van der Waals surface area contributed by atoms with Gasteiger partial charge in [0.15, 0.2) is 0 Å². The predicted molar refractivity (Wildman–Crippen MR) is 66.5 cm³/mol. The molecule has 0 unspecified atom stereocenters. The number of nitrogens with zero attached hydrogens (tertiary/aromatic N) is 2. The Bertz CT molecular complexity index is 468. The van der Waals surface area contributed by atoms with Gasteiger partial charge in [0.1, 0.15) is 5.82 Å². The fourth-order valence-electron chi connectivity index (χ4n) is 1.67. The first-order chi connectivity index (χ1) is 7.65. The number of rotatable bonds is 3. The summed E-state index contributed by atoms with van der Waals surface area (Å²) in [6, 6.07) is 10.6. The third-order valence-electron chi connectivity index (χ3n) is 2.60. The summed E-state index contributed by atoms with van der Waals surface area (Å²) in [4.78, 5) is 0. The van der Waals surface area contributed by atoms with Crippen LogP contribution in [0.4, 0.5) is 5.82 Å². The molecule has 0 aliphatic carbocycles. The highest BCUT2D eigenvalue weighted by atomic mass is 15.3. The zero-order chi connectivity index (χ0) is 11.5. The van der Waals surface area contributed by atoms with Crippen LogP contribution in [0.1, 0.15) is 16.8 Å². The van der Waals surface area contributed by atoms with E-state index in [1.807, 2.05) is 24.7 Å². The second-order valence-electron chi connectivity index (χ2n) is 4.13. The van der Waals surface area contributed by atoms with Gasteiger partial charge in [-0.2, -0.15) is 5.10 Å². The minimum atomic E-state index is 0.833. The van der Waals surface area contributed by atoms with Crippen LogP contribution in [0.3, 0.4) is 0 Å². The summed E-state index contributed by atoms with van der Waals surface area (Å²) >= 11 is 0. The van der Waals surface area contributed by atoms with Gasteiger partial charge in [-0.05, 0) is 19.4 Å². The Morgan fingerprint density at radius 3 is 2.44 bits per heavy atom. The lowest BCUT2D eigenvalue weighted by molar-refractivity contribution is 0.758. The molecule has 0 saturated heterocycles. The molecular weight excluding hydrogens is 198 g/mol. The first-order valence-electron chi connectivity index (χ1n) is 5.45. The fraction of sp³-hybridized carbons (Fsp3) is 0.308. The summed E-state index contributed by atoms with van der Waals surface area (Å²) in [6.07, 6.45) is 0. The number of benzene rings is 1. The molecule has 0 radical (unpaired) electrons. The summed E-state index contributed by atoms with van der Waals surface area (Å²) in [5, 5.41) is 7.66. The van der Waals surface area contributed by atoms with Crippen LogP contribution in [-0.2, 0) is 13.6 Å². The van der Waals surface area contributed by atoms with Gasteiger partial charge >= 0.3 is 0 Å². The molecule has 3 heteroatoms. The summed E-state index contributed by atoms with van der Waals surface area (Å²) in [5.41, 5.74) is 3.61. The van der Waals surface area contributed by atoms with Crippen molar-refractivity contribution in [2.24, 2.45) is 7.05 Å². The smallest absolute Gasteiger partial charge is 0.124 e. The zero-order valence-electron chi connectivity index (χ0n) is 9.99. The standard InChI is InChI=1S/C13H17N3/c1-10-4-6-12(7-5-10)9-14-13-8-11(2)15-16(13)3/h4-8,14H,9H2,1-3H3. The molecule has 0 fully saturated rings. The van der Waals surface area contributed by atoms with Gasteiger partial charge in [-0.25, -0.2) is 0 Å². The van der Waals surface area contributed by atoms with Gasteiger partial charge in [-0.15, -0.1) is 0 Å². The van der Waals surface area contributed by atoms with Gasteiger partial charge in [0.2, 0.25) is 0 Å². The maximum absolute atomic E-state index is 4.29. The van der Waals surface area contributed by atoms with Crippen LogP contribution in [0.25, 0.3) is 0 Å². The first kappa shape index (κ1) is 10.7. The summed E-state index contributed by atoms with van der Waals surface area (Å²) < 4.78 is 1.86. The minimum Gasteiger partial charge on any atom is -0.366 e. The average Bonchev–Trinajstić information content (AvgIpc) is 2.57. The summed E-state index contributed by atoms with van der Waals surface area (Å²) in [7, 11) is 1.95. The normalized spacial score (nSPS) is 10.4. The van der Waals surface area contributed by atoms with Gasteiger partial charge < -0.3 is 5.32 Å². The monoisotopic (exact) mass is 215 g/mol. The molecule has 0 saturated carbocycles. The Labute approximate surface area is 96.1 Å². The van der Waals surface area contributed by atoms with Crippen molar-refractivity contribution >= 4 is 5.82 Å². The lowest BCUT2D eigenvalue weighted by atomic mass is 10.1. The highest BCUT2D eigenvalue weighted by Crippen LogP contribution is 2.10. The minimum absolute atomic E-state index is 0.833. The third-order valence-corrected chi connectivity index (χ3v) is 2.60. The Hall–Kier alpha value is -1.77. The Morgan fingerprint density at radius 2 is 1.88 bits per heavy atom. The number of hydrogen-bond acceptors (Lipinski definition) is 2. The second-order valence-corrected chi connectivity index (χ2v) is 4.13. The van der Waals surface area contributed by atoms with E-state index in [4.69, 9.17) is 0 Å². The van der Waals surface area contributed by atoms with Crippen molar-refractivity contribution in [3.8, 4) is 0 Å². The molecule has 2 aromatic rings.